The van der Waals surface area contributed by atoms with E-state index < -0.39 is 0 Å². The average molecular weight is 269 g/mol. The van der Waals surface area contributed by atoms with Crippen molar-refractivity contribution in [1.29, 1.82) is 0 Å². The second-order valence-electron chi connectivity index (χ2n) is 4.66. The number of ether oxygens (including phenoxy) is 1. The third-order valence-electron chi connectivity index (χ3n) is 3.41. The van der Waals surface area contributed by atoms with Crippen LogP contribution in [0.5, 0.6) is 5.75 Å². The Labute approximate surface area is 114 Å². The molecule has 1 aliphatic heterocycles. The normalized spacial score (nSPS) is 19.9. The third-order valence-corrected chi connectivity index (χ3v) is 3.73. The molecule has 0 saturated carbocycles. The highest BCUT2D eigenvalue weighted by Gasteiger charge is 2.19. The Bertz CT molecular complexity index is 395. The molecule has 1 atom stereocenters. The Morgan fingerprint density at radius 1 is 1.50 bits per heavy atom. The summed E-state index contributed by atoms with van der Waals surface area (Å²) in [6, 6.07) is 6.59. The van der Waals surface area contributed by atoms with Crippen LogP contribution in [-0.2, 0) is 0 Å². The van der Waals surface area contributed by atoms with Gasteiger partial charge in [0.2, 0.25) is 0 Å². The van der Waals surface area contributed by atoms with Gasteiger partial charge in [-0.25, -0.2) is 0 Å². The van der Waals surface area contributed by atoms with Gasteiger partial charge >= 0.3 is 0 Å². The number of nitrogens with one attached hydrogen (secondary N) is 1. The summed E-state index contributed by atoms with van der Waals surface area (Å²) < 4.78 is 5.28. The van der Waals surface area contributed by atoms with Crippen LogP contribution in [0.3, 0.4) is 0 Å². The van der Waals surface area contributed by atoms with Gasteiger partial charge in [0, 0.05) is 30.9 Å². The van der Waals surface area contributed by atoms with Crippen molar-refractivity contribution in [2.45, 2.75) is 25.8 Å². The standard InChI is InChI=1S/C14H21ClN2O/c1-3-16-11-5-4-8-17(10-11)12-6-7-13(15)14(9-12)18-2/h6-7,9,11,16H,3-5,8,10H2,1-2H3. The van der Waals surface area contributed by atoms with E-state index >= 15 is 0 Å². The Morgan fingerprint density at radius 2 is 2.33 bits per heavy atom. The first kappa shape index (κ1) is 13.5. The number of benzene rings is 1. The molecule has 1 aromatic carbocycles. The van der Waals surface area contributed by atoms with E-state index in [1.165, 1.54) is 18.5 Å². The van der Waals surface area contributed by atoms with Gasteiger partial charge in [-0.2, -0.15) is 0 Å². The van der Waals surface area contributed by atoms with Crippen LogP contribution in [-0.4, -0.2) is 32.8 Å². The molecule has 18 heavy (non-hydrogen) atoms. The van der Waals surface area contributed by atoms with Gasteiger partial charge < -0.3 is 15.0 Å². The minimum absolute atomic E-state index is 0.588. The van der Waals surface area contributed by atoms with Crippen molar-refractivity contribution in [2.75, 3.05) is 31.6 Å². The van der Waals surface area contributed by atoms with E-state index in [2.05, 4.69) is 23.2 Å². The minimum Gasteiger partial charge on any atom is -0.495 e. The zero-order valence-electron chi connectivity index (χ0n) is 11.1. The molecule has 1 heterocycles. The molecule has 1 unspecified atom stereocenters. The SMILES string of the molecule is CCNC1CCCN(c2ccc(Cl)c(OC)c2)C1. The molecule has 1 N–H and O–H groups in total. The van der Waals surface area contributed by atoms with Crippen LogP contribution >= 0.6 is 11.6 Å². The molecule has 0 amide bonds. The van der Waals surface area contributed by atoms with E-state index in [0.717, 1.165) is 25.4 Å². The largest absolute Gasteiger partial charge is 0.495 e. The third kappa shape index (κ3) is 3.09. The van der Waals surface area contributed by atoms with Gasteiger partial charge in [-0.1, -0.05) is 18.5 Å². The predicted octanol–water partition coefficient (Wildman–Crippen LogP) is 2.93. The van der Waals surface area contributed by atoms with Crippen molar-refractivity contribution in [3.8, 4) is 5.75 Å². The second-order valence-corrected chi connectivity index (χ2v) is 5.07. The zero-order valence-corrected chi connectivity index (χ0v) is 11.8. The molecule has 100 valence electrons. The smallest absolute Gasteiger partial charge is 0.139 e. The number of anilines is 1. The summed E-state index contributed by atoms with van der Waals surface area (Å²) in [7, 11) is 1.66. The summed E-state index contributed by atoms with van der Waals surface area (Å²) >= 11 is 6.06. The van der Waals surface area contributed by atoms with Gasteiger partial charge in [0.05, 0.1) is 12.1 Å². The van der Waals surface area contributed by atoms with Crippen LogP contribution in [0.1, 0.15) is 19.8 Å². The molecule has 1 fully saturated rings. The summed E-state index contributed by atoms with van der Waals surface area (Å²) in [6.07, 6.45) is 2.48. The molecule has 1 aliphatic rings. The summed E-state index contributed by atoms with van der Waals surface area (Å²) in [4.78, 5) is 2.40. The topological polar surface area (TPSA) is 24.5 Å². The number of hydrogen-bond donors (Lipinski definition) is 1. The number of piperidine rings is 1. The van der Waals surface area contributed by atoms with Crippen molar-refractivity contribution in [3.05, 3.63) is 23.2 Å². The van der Waals surface area contributed by atoms with Crippen molar-refractivity contribution >= 4 is 17.3 Å². The van der Waals surface area contributed by atoms with Crippen molar-refractivity contribution in [3.63, 3.8) is 0 Å². The number of nitrogens with zero attached hydrogens (tertiary/aromatic N) is 1. The molecule has 2 rings (SSSR count). The molecule has 0 bridgehead atoms. The van der Waals surface area contributed by atoms with Gasteiger partial charge in [-0.15, -0.1) is 0 Å². The van der Waals surface area contributed by atoms with E-state index in [-0.39, 0.29) is 0 Å². The Balaban J connectivity index is 2.10. The highest BCUT2D eigenvalue weighted by molar-refractivity contribution is 6.32. The summed E-state index contributed by atoms with van der Waals surface area (Å²) in [6.45, 7) is 5.35. The fraction of sp³-hybridized carbons (Fsp3) is 0.571. The van der Waals surface area contributed by atoms with E-state index in [1.54, 1.807) is 7.11 Å². The lowest BCUT2D eigenvalue weighted by Gasteiger charge is -2.35. The molecule has 0 aliphatic carbocycles. The fourth-order valence-electron chi connectivity index (χ4n) is 2.51. The first-order chi connectivity index (χ1) is 8.74. The first-order valence-electron chi connectivity index (χ1n) is 6.56. The van der Waals surface area contributed by atoms with Gasteiger partial charge in [0.1, 0.15) is 5.75 Å². The lowest BCUT2D eigenvalue weighted by atomic mass is 10.0. The number of hydrogen-bond acceptors (Lipinski definition) is 3. The van der Waals surface area contributed by atoms with E-state index in [4.69, 9.17) is 16.3 Å². The van der Waals surface area contributed by atoms with E-state index in [9.17, 15) is 0 Å². The summed E-state index contributed by atoms with van der Waals surface area (Å²) in [5, 5.41) is 4.19. The maximum Gasteiger partial charge on any atom is 0.139 e. The molecule has 1 aromatic rings. The molecule has 0 spiro atoms. The monoisotopic (exact) mass is 268 g/mol. The number of halogens is 1. The van der Waals surface area contributed by atoms with Crippen LogP contribution in [0.4, 0.5) is 5.69 Å². The summed E-state index contributed by atoms with van der Waals surface area (Å²) in [5.41, 5.74) is 1.19. The van der Waals surface area contributed by atoms with Crippen LogP contribution in [0, 0.1) is 0 Å². The molecule has 4 heteroatoms. The molecule has 0 radical (unpaired) electrons. The van der Waals surface area contributed by atoms with E-state index in [0.29, 0.717) is 11.1 Å². The second kappa shape index (κ2) is 6.30. The zero-order chi connectivity index (χ0) is 13.0. The number of rotatable bonds is 4. The van der Waals surface area contributed by atoms with Crippen molar-refractivity contribution in [1.82, 2.24) is 5.32 Å². The van der Waals surface area contributed by atoms with Crippen molar-refractivity contribution in [2.24, 2.45) is 0 Å². The molecular weight excluding hydrogens is 248 g/mol. The molecular formula is C14H21ClN2O. The van der Waals surface area contributed by atoms with Crippen LogP contribution in [0.25, 0.3) is 0 Å². The molecule has 1 saturated heterocycles. The van der Waals surface area contributed by atoms with Crippen LogP contribution in [0.2, 0.25) is 5.02 Å². The Kier molecular flexibility index (Phi) is 4.72. The maximum atomic E-state index is 6.06. The lowest BCUT2D eigenvalue weighted by molar-refractivity contribution is 0.413. The van der Waals surface area contributed by atoms with Gasteiger partial charge in [-0.05, 0) is 31.5 Å². The van der Waals surface area contributed by atoms with Crippen LogP contribution < -0.4 is 15.0 Å². The molecule has 0 aromatic heterocycles. The van der Waals surface area contributed by atoms with E-state index in [1.807, 2.05) is 12.1 Å². The van der Waals surface area contributed by atoms with Gasteiger partial charge in [0.25, 0.3) is 0 Å². The van der Waals surface area contributed by atoms with Crippen molar-refractivity contribution < 1.29 is 4.74 Å². The first-order valence-corrected chi connectivity index (χ1v) is 6.94. The maximum absolute atomic E-state index is 6.06. The summed E-state index contributed by atoms with van der Waals surface area (Å²) in [5.74, 6) is 0.750. The minimum atomic E-state index is 0.588. The fourth-order valence-corrected chi connectivity index (χ4v) is 2.71. The predicted molar refractivity (Wildman–Crippen MR) is 76.9 cm³/mol. The van der Waals surface area contributed by atoms with Crippen LogP contribution in [0.15, 0.2) is 18.2 Å². The van der Waals surface area contributed by atoms with Gasteiger partial charge in [0.15, 0.2) is 0 Å². The van der Waals surface area contributed by atoms with Gasteiger partial charge in [-0.3, -0.25) is 0 Å². The lowest BCUT2D eigenvalue weighted by Crippen LogP contribution is -2.45. The Morgan fingerprint density at radius 3 is 3.06 bits per heavy atom. The highest BCUT2D eigenvalue weighted by Crippen LogP contribution is 2.30. The molecule has 3 nitrogen and oxygen atoms in total. The highest BCUT2D eigenvalue weighted by atomic mass is 35.5. The Hall–Kier alpha value is -0.930. The quantitative estimate of drug-likeness (QED) is 0.909. The number of likely N-dealkylation sites (N-methyl/N-ethyl adjacent to an activating group) is 1. The number of methoxy groups -OCH3 is 1. The average Bonchev–Trinajstić information content (AvgIpc) is 2.40.